The van der Waals surface area contributed by atoms with Crippen LogP contribution in [0.4, 0.5) is 17.2 Å². The Morgan fingerprint density at radius 2 is 1.03 bits per heavy atom. The lowest BCUT2D eigenvalue weighted by Crippen LogP contribution is -2.31. The molecular weight excluding hydrogens is 1470 g/mol. The number of ketones is 3. The normalized spacial score (nSPS) is 10.5. The Kier molecular flexibility index (Phi) is 59.2. The third-order valence-electron chi connectivity index (χ3n) is 15.9. The number of hydroxylamine groups is 6. The van der Waals surface area contributed by atoms with Crippen molar-refractivity contribution in [3.05, 3.63) is 88.0 Å². The number of carbonyl (C=O) groups excluding carboxylic acids is 17. The number of pyridine rings is 1. The maximum Gasteiger partial charge on any atom is 0.373 e. The van der Waals surface area contributed by atoms with E-state index in [1.165, 1.54) is 13.8 Å². The zero-order chi connectivity index (χ0) is 83.0. The van der Waals surface area contributed by atoms with Crippen molar-refractivity contribution in [2.75, 3.05) is 69.2 Å². The summed E-state index contributed by atoms with van der Waals surface area (Å²) in [5.74, 6) is -2.07. The Bertz CT molecular complexity index is 3630. The zero-order valence-corrected chi connectivity index (χ0v) is 64.5. The predicted octanol–water partition coefficient (Wildman–Crippen LogP) is 5.64. The number of fused-ring (bicyclic) bond motifs is 1. The highest BCUT2D eigenvalue weighted by molar-refractivity contribution is 7.80. The zero-order valence-electron chi connectivity index (χ0n) is 62.9. The number of carbonyl (C=O) groups is 9. The van der Waals surface area contributed by atoms with Crippen molar-refractivity contribution in [2.24, 2.45) is 5.92 Å². The van der Waals surface area contributed by atoms with Crippen LogP contribution >= 0.6 is 24.4 Å². The summed E-state index contributed by atoms with van der Waals surface area (Å²) in [6.07, 6.45) is 16.8. The lowest BCUT2D eigenvalue weighted by molar-refractivity contribution is -0.193. The van der Waals surface area contributed by atoms with Crippen LogP contribution in [0, 0.1) is 5.92 Å². The fourth-order valence-electron chi connectivity index (χ4n) is 9.63. The minimum absolute atomic E-state index is 0.00522. The van der Waals surface area contributed by atoms with Crippen molar-refractivity contribution in [2.45, 2.75) is 194 Å². The fourth-order valence-corrected chi connectivity index (χ4v) is 10.2. The van der Waals surface area contributed by atoms with Crippen LogP contribution in [0.25, 0.3) is 11.0 Å². The molecule has 0 bridgehead atoms. The molecular formula is C73H104N14O21S2. The lowest BCUT2D eigenvalue weighted by Gasteiger charge is -2.15. The fraction of sp³-hybridized carbons (Fsp3) is 0.534. The molecule has 0 saturated carbocycles. The summed E-state index contributed by atoms with van der Waals surface area (Å²) in [7, 11) is 1.81. The van der Waals surface area contributed by atoms with Gasteiger partial charge in [-0.1, -0.05) is 50.5 Å². The number of benzene rings is 2. The second kappa shape index (κ2) is 64.3. The van der Waals surface area contributed by atoms with Gasteiger partial charge in [-0.3, -0.25) is 68.6 Å². The number of anilines is 3. The Balaban J connectivity index is 0. The minimum atomic E-state index is -0.559. The van der Waals surface area contributed by atoms with E-state index in [0.29, 0.717) is 134 Å². The number of hydrogen-bond acceptors (Lipinski definition) is 28. The molecule has 13 N–H and O–H groups in total. The van der Waals surface area contributed by atoms with E-state index < -0.39 is 23.3 Å². The molecule has 0 aliphatic rings. The van der Waals surface area contributed by atoms with Crippen LogP contribution in [0.1, 0.15) is 197 Å². The van der Waals surface area contributed by atoms with Gasteiger partial charge < -0.3 is 47.9 Å². The quantitative estimate of drug-likeness (QED) is 0.0110. The van der Waals surface area contributed by atoms with Gasteiger partial charge in [0, 0.05) is 133 Å². The number of aromatic nitrogens is 3. The Morgan fingerprint density at radius 1 is 0.564 bits per heavy atom. The molecule has 604 valence electrons. The maximum absolute atomic E-state index is 12.3. The smallest absolute Gasteiger partial charge is 0.373 e. The van der Waals surface area contributed by atoms with Gasteiger partial charge in [-0.25, -0.2) is 20.2 Å². The highest BCUT2D eigenvalue weighted by atomic mass is 32.1. The summed E-state index contributed by atoms with van der Waals surface area (Å²) in [6, 6.07) is 16.5. The van der Waals surface area contributed by atoms with Crippen molar-refractivity contribution in [3.63, 3.8) is 0 Å². The number of nitrogens with two attached hydrogens (primary N) is 1. The average molecular weight is 1580 g/mol. The van der Waals surface area contributed by atoms with Gasteiger partial charge in [-0.05, 0) is 163 Å². The van der Waals surface area contributed by atoms with Crippen LogP contribution in [0.3, 0.4) is 0 Å². The Labute approximate surface area is 648 Å². The summed E-state index contributed by atoms with van der Waals surface area (Å²) in [4.78, 5) is 196. The van der Waals surface area contributed by atoms with E-state index in [9.17, 15) is 63.6 Å². The highest BCUT2D eigenvalue weighted by Gasteiger charge is 2.18. The highest BCUT2D eigenvalue weighted by Crippen LogP contribution is 2.17. The first kappa shape index (κ1) is 101. The second-order valence-electron chi connectivity index (χ2n) is 24.6. The number of unbranched alkanes of at least 4 members (excludes halogenated alkanes) is 10. The maximum atomic E-state index is 12.3. The van der Waals surface area contributed by atoms with Gasteiger partial charge in [0.15, 0.2) is 10.6 Å². The van der Waals surface area contributed by atoms with Crippen LogP contribution in [0.15, 0.2) is 65.6 Å². The molecule has 37 heteroatoms. The van der Waals surface area contributed by atoms with Crippen LogP contribution in [-0.2, 0) is 89.7 Å². The molecule has 4 aromatic rings. The monoisotopic (exact) mass is 1580 g/mol. The number of aromatic amines is 1. The van der Waals surface area contributed by atoms with Crippen molar-refractivity contribution < 1.29 is 97.1 Å². The first-order valence-corrected chi connectivity index (χ1v) is 36.4. The van der Waals surface area contributed by atoms with E-state index in [-0.39, 0.29) is 135 Å². The molecule has 2 heterocycles. The topological polar surface area (TPSA) is 529 Å². The molecule has 0 radical (unpaired) electrons. The number of nitrogen functional groups attached to an aromatic ring is 1. The van der Waals surface area contributed by atoms with Crippen molar-refractivity contribution in [1.82, 2.24) is 56.7 Å². The van der Waals surface area contributed by atoms with Crippen molar-refractivity contribution in [1.29, 1.82) is 0 Å². The number of Topliss-reactive ketones (excluding diaryl/α,β-unsaturated/α-hetero) is 3. The first-order valence-electron chi connectivity index (χ1n) is 35.6. The molecule has 2 aromatic carbocycles. The summed E-state index contributed by atoms with van der Waals surface area (Å²) in [5.41, 5.74) is 9.75. The van der Waals surface area contributed by atoms with E-state index in [2.05, 4.69) is 52.2 Å². The third-order valence-corrected chi connectivity index (χ3v) is 16.5. The lowest BCUT2D eigenvalue weighted by atomic mass is 9.99. The molecule has 6 amide bonds. The number of amides is 6. The Hall–Kier alpha value is -10.7. The van der Waals surface area contributed by atoms with Gasteiger partial charge in [0.25, 0.3) is 11.5 Å². The van der Waals surface area contributed by atoms with E-state index in [1.54, 1.807) is 43.5 Å². The molecule has 35 nitrogen and oxygen atoms in total. The summed E-state index contributed by atoms with van der Waals surface area (Å²) in [6.45, 7) is 9.00. The van der Waals surface area contributed by atoms with E-state index >= 15 is 0 Å². The SMILES string of the molecule is CC(=O)[C@H](C)CC(=O)CCCNC(=O)c1ccc(NCc2cnc3cc(N)[nH]c(=O)c3n2)cc1.CN[C@@H](C)C(=O)CCCCCCCC(=S)Cc1ccc(NC(=S)NCCCCCN(O)C(=O)CCC(=O)NCCCCCN(O)C(=O)CCC(=O)NCCCCCN(O)C(C)=O)cc1.O=C=O.O=C=O.O=C=O.O=C=O. The molecule has 0 aliphatic heterocycles. The average Bonchev–Trinajstić information content (AvgIpc) is 0.755. The van der Waals surface area contributed by atoms with Gasteiger partial charge in [0.05, 0.1) is 30.0 Å². The van der Waals surface area contributed by atoms with Crippen LogP contribution < -0.4 is 48.5 Å². The molecule has 0 aliphatic carbocycles. The molecule has 2 aromatic heterocycles. The number of nitrogens with one attached hydrogen (secondary N) is 8. The van der Waals surface area contributed by atoms with Crippen LogP contribution in [0.2, 0.25) is 0 Å². The number of rotatable bonds is 48. The van der Waals surface area contributed by atoms with E-state index in [4.69, 9.17) is 68.5 Å². The van der Waals surface area contributed by atoms with Gasteiger partial charge in [-0.15, -0.1) is 0 Å². The minimum Gasteiger partial charge on any atom is -0.385 e. The Morgan fingerprint density at radius 3 is 1.53 bits per heavy atom. The number of hydrogen-bond donors (Lipinski definition) is 12. The van der Waals surface area contributed by atoms with Crippen LogP contribution in [-0.4, -0.2) is 192 Å². The van der Waals surface area contributed by atoms with Crippen LogP contribution in [0.5, 0.6) is 0 Å². The molecule has 110 heavy (non-hydrogen) atoms. The van der Waals surface area contributed by atoms with Gasteiger partial charge in [0.2, 0.25) is 29.5 Å². The molecule has 4 rings (SSSR count). The second-order valence-corrected chi connectivity index (χ2v) is 25.6. The van der Waals surface area contributed by atoms with Crippen molar-refractivity contribution >= 4 is 140 Å². The number of nitrogens with zero attached hydrogens (tertiary/aromatic N) is 5. The first-order chi connectivity index (χ1) is 52.5. The number of H-pyrrole nitrogens is 1. The van der Waals surface area contributed by atoms with Gasteiger partial charge in [-0.2, -0.15) is 38.4 Å². The predicted molar refractivity (Wildman–Crippen MR) is 404 cm³/mol. The molecule has 0 fully saturated rings. The summed E-state index contributed by atoms with van der Waals surface area (Å²) >= 11 is 11.1. The standard InChI is InChI=1S/C45H76N8O9S2.C24H28N6O4.4CO2/c1-35(46-3)40(55)19-11-6-4-5-10-18-39(63)34-37-20-22-38(23-21-37)50-45(64)49-30-14-9-17-33-53(62)44(59)27-25-42(57)48-29-13-8-16-32-52(61)43(58)26-24-41(56)47-28-12-7-15-31-51(60)36(2)54;1-14(15(2)31)10-19(32)4-3-9-26-23(33)16-5-7-17(8-6-16)27-12-18-13-28-20-11-21(25)30-24(34)22(20)29-18;4*2-1-3/h20-23,35,46,60-62H,4-19,24-34H2,1-3H3,(H,47,56)(H,48,57)(H2,49,50,64);5-8,11,13-14,27H,3-4,9-10,12H2,1-2H3,(H,26,33)(H3,25,30,34);;;;/t35-;14-;;;;/m01..../s1. The molecule has 0 spiro atoms. The summed E-state index contributed by atoms with van der Waals surface area (Å²) < 4.78 is 0. The van der Waals surface area contributed by atoms with Crippen molar-refractivity contribution in [3.8, 4) is 0 Å². The number of thiocarbonyl (C=S) groups is 2. The molecule has 0 unspecified atom stereocenters. The largest absolute Gasteiger partial charge is 0.385 e. The van der Waals surface area contributed by atoms with E-state index in [1.807, 2.05) is 38.2 Å². The molecule has 2 atom stereocenters. The molecule has 0 saturated heterocycles. The van der Waals surface area contributed by atoms with Gasteiger partial charge in [0.1, 0.15) is 23.2 Å². The van der Waals surface area contributed by atoms with E-state index in [0.717, 1.165) is 79.6 Å². The number of likely N-dealkylation sites (N-methyl/N-ethyl adjacent to an activating group) is 1. The third kappa shape index (κ3) is 52.3. The van der Waals surface area contributed by atoms with Gasteiger partial charge >= 0.3 is 24.6 Å². The summed E-state index contributed by atoms with van der Waals surface area (Å²) in [5, 5.41) is 52.6.